The van der Waals surface area contributed by atoms with Crippen LogP contribution in [0.25, 0.3) is 6.08 Å². The van der Waals surface area contributed by atoms with Gasteiger partial charge in [0.25, 0.3) is 5.91 Å². The van der Waals surface area contributed by atoms with E-state index in [0.29, 0.717) is 11.1 Å². The molecule has 0 bridgehead atoms. The van der Waals surface area contributed by atoms with Crippen molar-refractivity contribution in [1.29, 1.82) is 0 Å². The Kier molecular flexibility index (Phi) is 4.40. The number of carboxylic acid groups (broad SMARTS) is 1. The number of hydrogen-bond donors (Lipinski definition) is 1. The van der Waals surface area contributed by atoms with Crippen molar-refractivity contribution < 1.29 is 14.7 Å². The highest BCUT2D eigenvalue weighted by atomic mass is 16.4. The molecule has 0 atom stereocenters. The van der Waals surface area contributed by atoms with Crippen LogP contribution in [0.5, 0.6) is 0 Å². The lowest BCUT2D eigenvalue weighted by atomic mass is 9.84. The molecule has 1 aliphatic heterocycles. The molecule has 1 saturated heterocycles. The Morgan fingerprint density at radius 2 is 2.19 bits per heavy atom. The first kappa shape index (κ1) is 15.2. The zero-order valence-electron chi connectivity index (χ0n) is 12.4. The van der Waals surface area contributed by atoms with Gasteiger partial charge in [0.1, 0.15) is 0 Å². The molecule has 0 radical (unpaired) electrons. The molecule has 0 aliphatic carbocycles. The second-order valence-corrected chi connectivity index (χ2v) is 6.13. The van der Waals surface area contributed by atoms with Crippen LogP contribution in [0.15, 0.2) is 24.5 Å². The third-order valence-corrected chi connectivity index (χ3v) is 3.68. The number of aromatic nitrogens is 1. The second kappa shape index (κ2) is 6.08. The zero-order chi connectivity index (χ0) is 15.5. The predicted octanol–water partition coefficient (Wildman–Crippen LogP) is 2.44. The lowest BCUT2D eigenvalue weighted by molar-refractivity contribution is -0.131. The number of amides is 1. The molecule has 1 fully saturated rings. The van der Waals surface area contributed by atoms with E-state index in [-0.39, 0.29) is 11.3 Å². The summed E-state index contributed by atoms with van der Waals surface area (Å²) in [5.74, 6) is -1.11. The Bertz CT molecular complexity index is 579. The summed E-state index contributed by atoms with van der Waals surface area (Å²) in [4.78, 5) is 29.1. The minimum absolute atomic E-state index is 0.0600. The van der Waals surface area contributed by atoms with E-state index in [4.69, 9.17) is 5.11 Å². The van der Waals surface area contributed by atoms with Crippen molar-refractivity contribution in [1.82, 2.24) is 9.88 Å². The quantitative estimate of drug-likeness (QED) is 0.867. The predicted molar refractivity (Wildman–Crippen MR) is 79.8 cm³/mol. The molecule has 0 unspecified atom stereocenters. The van der Waals surface area contributed by atoms with Gasteiger partial charge in [-0.2, -0.15) is 0 Å². The second-order valence-electron chi connectivity index (χ2n) is 6.13. The van der Waals surface area contributed by atoms with Crippen molar-refractivity contribution in [2.75, 3.05) is 13.1 Å². The molecule has 112 valence electrons. The van der Waals surface area contributed by atoms with Gasteiger partial charge in [0.15, 0.2) is 0 Å². The van der Waals surface area contributed by atoms with Gasteiger partial charge in [-0.15, -0.1) is 0 Å². The van der Waals surface area contributed by atoms with E-state index in [1.165, 1.54) is 12.3 Å². The molecule has 5 nitrogen and oxygen atoms in total. The molecular weight excluding hydrogens is 268 g/mol. The lowest BCUT2D eigenvalue weighted by Crippen LogP contribution is -2.43. The van der Waals surface area contributed by atoms with Gasteiger partial charge in [-0.25, -0.2) is 4.79 Å². The van der Waals surface area contributed by atoms with Gasteiger partial charge < -0.3 is 10.0 Å². The summed E-state index contributed by atoms with van der Waals surface area (Å²) in [6, 6.07) is 1.64. The van der Waals surface area contributed by atoms with Crippen molar-refractivity contribution in [2.45, 2.75) is 26.7 Å². The van der Waals surface area contributed by atoms with Crippen LogP contribution in [0.4, 0.5) is 0 Å². The van der Waals surface area contributed by atoms with Crippen LogP contribution in [-0.4, -0.2) is 40.0 Å². The van der Waals surface area contributed by atoms with Crippen LogP contribution < -0.4 is 0 Å². The molecule has 21 heavy (non-hydrogen) atoms. The highest BCUT2D eigenvalue weighted by Gasteiger charge is 2.30. The highest BCUT2D eigenvalue weighted by Crippen LogP contribution is 2.29. The maximum absolute atomic E-state index is 12.7. The summed E-state index contributed by atoms with van der Waals surface area (Å²) in [7, 11) is 0. The number of rotatable bonds is 3. The molecule has 2 rings (SSSR count). The number of hydrogen-bond acceptors (Lipinski definition) is 3. The third-order valence-electron chi connectivity index (χ3n) is 3.68. The van der Waals surface area contributed by atoms with E-state index >= 15 is 0 Å². The SMILES string of the molecule is CC1(C)CCCN(C(=O)c2ccncc2C=CC(=O)O)C1. The number of carbonyl (C=O) groups excluding carboxylic acids is 1. The van der Waals surface area contributed by atoms with Gasteiger partial charge in [0, 0.05) is 42.7 Å². The van der Waals surface area contributed by atoms with Crippen molar-refractivity contribution in [2.24, 2.45) is 5.41 Å². The summed E-state index contributed by atoms with van der Waals surface area (Å²) in [5, 5.41) is 8.72. The van der Waals surface area contributed by atoms with Crippen LogP contribution in [-0.2, 0) is 4.79 Å². The monoisotopic (exact) mass is 288 g/mol. The Morgan fingerprint density at radius 3 is 2.86 bits per heavy atom. The highest BCUT2D eigenvalue weighted by molar-refractivity contribution is 5.98. The molecule has 0 spiro atoms. The molecule has 0 saturated carbocycles. The number of likely N-dealkylation sites (tertiary alicyclic amines) is 1. The average Bonchev–Trinajstić information content (AvgIpc) is 2.43. The van der Waals surface area contributed by atoms with Gasteiger partial charge in [-0.1, -0.05) is 13.8 Å². The van der Waals surface area contributed by atoms with Gasteiger partial charge in [-0.05, 0) is 30.4 Å². The van der Waals surface area contributed by atoms with Crippen molar-refractivity contribution in [3.8, 4) is 0 Å². The van der Waals surface area contributed by atoms with Crippen molar-refractivity contribution in [3.63, 3.8) is 0 Å². The number of carbonyl (C=O) groups is 2. The van der Waals surface area contributed by atoms with E-state index in [2.05, 4.69) is 18.8 Å². The molecule has 1 aromatic rings. The van der Waals surface area contributed by atoms with Gasteiger partial charge in [0.2, 0.25) is 0 Å². The molecule has 1 amide bonds. The van der Waals surface area contributed by atoms with E-state index in [9.17, 15) is 9.59 Å². The van der Waals surface area contributed by atoms with Crippen molar-refractivity contribution >= 4 is 18.0 Å². The molecule has 1 aromatic heterocycles. The van der Waals surface area contributed by atoms with Crippen LogP contribution in [0.2, 0.25) is 0 Å². The smallest absolute Gasteiger partial charge is 0.328 e. The zero-order valence-corrected chi connectivity index (χ0v) is 12.4. The Morgan fingerprint density at radius 1 is 1.43 bits per heavy atom. The molecule has 2 heterocycles. The molecule has 5 heteroatoms. The first-order chi connectivity index (χ1) is 9.89. The average molecular weight is 288 g/mol. The van der Waals surface area contributed by atoms with E-state index in [1.54, 1.807) is 12.3 Å². The Balaban J connectivity index is 2.25. The van der Waals surface area contributed by atoms with Gasteiger partial charge in [-0.3, -0.25) is 9.78 Å². The normalized spacial score (nSPS) is 17.9. The van der Waals surface area contributed by atoms with Crippen LogP contribution in [0.1, 0.15) is 42.6 Å². The van der Waals surface area contributed by atoms with Gasteiger partial charge >= 0.3 is 5.97 Å². The summed E-state index contributed by atoms with van der Waals surface area (Å²) in [5.41, 5.74) is 1.16. The summed E-state index contributed by atoms with van der Waals surface area (Å²) >= 11 is 0. The first-order valence-electron chi connectivity index (χ1n) is 7.03. The topological polar surface area (TPSA) is 70.5 Å². The maximum atomic E-state index is 12.7. The Labute approximate surface area is 124 Å². The van der Waals surface area contributed by atoms with Crippen LogP contribution >= 0.6 is 0 Å². The molecule has 1 aliphatic rings. The summed E-state index contributed by atoms with van der Waals surface area (Å²) < 4.78 is 0. The molecule has 1 N–H and O–H groups in total. The lowest BCUT2D eigenvalue weighted by Gasteiger charge is -2.38. The standard InChI is InChI=1S/C16H20N2O3/c1-16(2)7-3-9-18(11-16)15(21)13-6-8-17-10-12(13)4-5-14(19)20/h4-6,8,10H,3,7,9,11H2,1-2H3,(H,19,20). The molecular formula is C16H20N2O3. The largest absolute Gasteiger partial charge is 0.478 e. The fourth-order valence-electron chi connectivity index (χ4n) is 2.66. The first-order valence-corrected chi connectivity index (χ1v) is 7.03. The fourth-order valence-corrected chi connectivity index (χ4v) is 2.66. The fraction of sp³-hybridized carbons (Fsp3) is 0.438. The van der Waals surface area contributed by atoms with E-state index < -0.39 is 5.97 Å². The summed E-state index contributed by atoms with van der Waals surface area (Å²) in [6.07, 6.45) is 7.61. The van der Waals surface area contributed by atoms with Crippen LogP contribution in [0, 0.1) is 5.41 Å². The number of nitrogens with zero attached hydrogens (tertiary/aromatic N) is 2. The Hall–Kier alpha value is -2.17. The third kappa shape index (κ3) is 3.90. The number of carboxylic acids is 1. The minimum atomic E-state index is -1.05. The van der Waals surface area contributed by atoms with Gasteiger partial charge in [0.05, 0.1) is 0 Å². The van der Waals surface area contributed by atoms with E-state index in [1.807, 2.05) is 4.90 Å². The minimum Gasteiger partial charge on any atom is -0.478 e. The number of aliphatic carboxylic acids is 1. The summed E-state index contributed by atoms with van der Waals surface area (Å²) in [6.45, 7) is 5.78. The molecule has 0 aromatic carbocycles. The maximum Gasteiger partial charge on any atom is 0.328 e. The van der Waals surface area contributed by atoms with E-state index in [0.717, 1.165) is 32.0 Å². The van der Waals surface area contributed by atoms with Crippen LogP contribution in [0.3, 0.4) is 0 Å². The number of pyridine rings is 1. The van der Waals surface area contributed by atoms with Crippen molar-refractivity contribution in [3.05, 3.63) is 35.7 Å². The number of piperidine rings is 1.